The lowest BCUT2D eigenvalue weighted by atomic mass is 10.2. The van der Waals surface area contributed by atoms with Crippen molar-refractivity contribution in [2.45, 2.75) is 31.2 Å². The number of aromatic nitrogens is 2. The minimum atomic E-state index is -3.95. The lowest BCUT2D eigenvalue weighted by molar-refractivity contribution is -0.121. The Balaban J connectivity index is 1.63. The Bertz CT molecular complexity index is 1280. The van der Waals surface area contributed by atoms with E-state index in [0.29, 0.717) is 0 Å². The molecule has 1 fully saturated rings. The number of nitrogens with zero attached hydrogens (tertiary/aromatic N) is 3. The third-order valence-corrected chi connectivity index (χ3v) is 6.68. The second-order valence-electron chi connectivity index (χ2n) is 7.25. The van der Waals surface area contributed by atoms with Gasteiger partial charge in [-0.2, -0.15) is 0 Å². The molecule has 9 nitrogen and oxygen atoms in total. The third kappa shape index (κ3) is 4.02. The molecule has 2 aromatic carbocycles. The standard InChI is InChI=1S/C22H22N4O5S/c1-15-23-11-12-25(15)18-6-4-3-5-16(18)14-24-32(29,30)17-7-8-20(31-2)19(13-17)26-21(27)9-10-22(26)28/h3-8,11-13,24H,9-10,14H2,1-2H3. The Morgan fingerprint density at radius 2 is 1.78 bits per heavy atom. The fourth-order valence-corrected chi connectivity index (χ4v) is 4.67. The Kier molecular flexibility index (Phi) is 5.81. The molecule has 2 amide bonds. The molecule has 3 aromatic rings. The smallest absolute Gasteiger partial charge is 0.240 e. The molecule has 0 bridgehead atoms. The van der Waals surface area contributed by atoms with Crippen molar-refractivity contribution in [1.82, 2.24) is 14.3 Å². The maximum Gasteiger partial charge on any atom is 0.240 e. The zero-order chi connectivity index (χ0) is 22.9. The molecule has 1 aliphatic rings. The first-order valence-electron chi connectivity index (χ1n) is 9.93. The van der Waals surface area contributed by atoms with E-state index in [4.69, 9.17) is 4.74 Å². The Morgan fingerprint density at radius 3 is 2.44 bits per heavy atom. The van der Waals surface area contributed by atoms with Crippen LogP contribution < -0.4 is 14.4 Å². The highest BCUT2D eigenvalue weighted by Crippen LogP contribution is 2.34. The minimum Gasteiger partial charge on any atom is -0.495 e. The molecule has 10 heteroatoms. The molecule has 1 N–H and O–H groups in total. The summed E-state index contributed by atoms with van der Waals surface area (Å²) in [6.45, 7) is 1.90. The van der Waals surface area contributed by atoms with Gasteiger partial charge in [0.2, 0.25) is 21.8 Å². The summed E-state index contributed by atoms with van der Waals surface area (Å²) in [5.41, 5.74) is 1.70. The number of anilines is 1. The molecule has 2 heterocycles. The SMILES string of the molecule is COc1ccc(S(=O)(=O)NCc2ccccc2-n2ccnc2C)cc1N1C(=O)CCC1=O. The molecule has 1 aromatic heterocycles. The lowest BCUT2D eigenvalue weighted by Crippen LogP contribution is -2.30. The second-order valence-corrected chi connectivity index (χ2v) is 9.02. The minimum absolute atomic E-state index is 0.0407. The number of hydrogen-bond acceptors (Lipinski definition) is 6. The molecule has 0 saturated carbocycles. The number of nitrogens with one attached hydrogen (secondary N) is 1. The number of methoxy groups -OCH3 is 1. The highest BCUT2D eigenvalue weighted by Gasteiger charge is 2.33. The number of sulfonamides is 1. The predicted octanol–water partition coefficient (Wildman–Crippen LogP) is 2.32. The van der Waals surface area contributed by atoms with E-state index in [2.05, 4.69) is 9.71 Å². The van der Waals surface area contributed by atoms with Gasteiger partial charge in [0.25, 0.3) is 0 Å². The molecule has 0 aliphatic carbocycles. The predicted molar refractivity (Wildman–Crippen MR) is 117 cm³/mol. The number of para-hydroxylation sites is 1. The van der Waals surface area contributed by atoms with Gasteiger partial charge in [0.15, 0.2) is 0 Å². The van der Waals surface area contributed by atoms with Crippen LogP contribution >= 0.6 is 0 Å². The molecular formula is C22H22N4O5S. The number of ether oxygens (including phenoxy) is 1. The van der Waals surface area contributed by atoms with Crippen molar-refractivity contribution in [2.75, 3.05) is 12.0 Å². The largest absolute Gasteiger partial charge is 0.495 e. The Morgan fingerprint density at radius 1 is 1.06 bits per heavy atom. The quantitative estimate of drug-likeness (QED) is 0.549. The number of carbonyl (C=O) groups is 2. The summed E-state index contributed by atoms with van der Waals surface area (Å²) in [4.78, 5) is 29.5. The van der Waals surface area contributed by atoms with Gasteiger partial charge < -0.3 is 9.30 Å². The van der Waals surface area contributed by atoms with Crippen LogP contribution in [-0.4, -0.2) is 36.9 Å². The van der Waals surface area contributed by atoms with Crippen LogP contribution in [0.25, 0.3) is 5.69 Å². The zero-order valence-corrected chi connectivity index (χ0v) is 18.4. The number of amides is 2. The monoisotopic (exact) mass is 454 g/mol. The van der Waals surface area contributed by atoms with Crippen molar-refractivity contribution >= 4 is 27.5 Å². The number of benzene rings is 2. The first-order chi connectivity index (χ1) is 15.3. The van der Waals surface area contributed by atoms with Gasteiger partial charge in [-0.3, -0.25) is 9.59 Å². The van der Waals surface area contributed by atoms with Crippen molar-refractivity contribution in [3.05, 3.63) is 66.2 Å². The molecule has 4 rings (SSSR count). The molecule has 0 radical (unpaired) electrons. The van der Waals surface area contributed by atoms with Crippen molar-refractivity contribution in [3.8, 4) is 11.4 Å². The number of rotatable bonds is 7. The van der Waals surface area contributed by atoms with E-state index < -0.39 is 10.0 Å². The van der Waals surface area contributed by atoms with Gasteiger partial charge in [-0.05, 0) is 36.8 Å². The van der Waals surface area contributed by atoms with Gasteiger partial charge in [-0.1, -0.05) is 18.2 Å². The van der Waals surface area contributed by atoms with Crippen molar-refractivity contribution < 1.29 is 22.7 Å². The van der Waals surface area contributed by atoms with E-state index in [-0.39, 0.29) is 47.5 Å². The Hall–Kier alpha value is -3.50. The van der Waals surface area contributed by atoms with E-state index in [0.717, 1.165) is 22.0 Å². The molecule has 0 unspecified atom stereocenters. The normalized spacial score (nSPS) is 14.2. The molecule has 0 spiro atoms. The number of hydrogen-bond donors (Lipinski definition) is 1. The van der Waals surface area contributed by atoms with Crippen LogP contribution in [0.5, 0.6) is 5.75 Å². The van der Waals surface area contributed by atoms with E-state index in [1.54, 1.807) is 6.20 Å². The van der Waals surface area contributed by atoms with E-state index in [9.17, 15) is 18.0 Å². The molecular weight excluding hydrogens is 432 g/mol. The van der Waals surface area contributed by atoms with Crippen molar-refractivity contribution in [3.63, 3.8) is 0 Å². The zero-order valence-electron chi connectivity index (χ0n) is 17.6. The highest BCUT2D eigenvalue weighted by molar-refractivity contribution is 7.89. The maximum absolute atomic E-state index is 13.0. The van der Waals surface area contributed by atoms with Crippen LogP contribution in [0.1, 0.15) is 24.2 Å². The van der Waals surface area contributed by atoms with Gasteiger partial charge >= 0.3 is 0 Å². The summed E-state index contributed by atoms with van der Waals surface area (Å²) in [6, 6.07) is 11.5. The van der Waals surface area contributed by atoms with Gasteiger partial charge in [0.1, 0.15) is 11.6 Å². The summed E-state index contributed by atoms with van der Waals surface area (Å²) in [5.74, 6) is 0.245. The average molecular weight is 455 g/mol. The molecule has 1 saturated heterocycles. The molecule has 32 heavy (non-hydrogen) atoms. The summed E-state index contributed by atoms with van der Waals surface area (Å²) in [6.07, 6.45) is 3.65. The number of imidazole rings is 1. The second kappa shape index (κ2) is 8.56. The summed E-state index contributed by atoms with van der Waals surface area (Å²) >= 11 is 0. The van der Waals surface area contributed by atoms with Gasteiger partial charge in [0, 0.05) is 31.8 Å². The summed E-state index contributed by atoms with van der Waals surface area (Å²) < 4.78 is 35.8. The van der Waals surface area contributed by atoms with E-state index in [1.807, 2.05) is 42.0 Å². The first kappa shape index (κ1) is 21.7. The van der Waals surface area contributed by atoms with Crippen LogP contribution in [0, 0.1) is 6.92 Å². The fraction of sp³-hybridized carbons (Fsp3) is 0.227. The van der Waals surface area contributed by atoms with Gasteiger partial charge in [0.05, 0.1) is 23.4 Å². The number of aryl methyl sites for hydroxylation is 1. The number of carbonyl (C=O) groups excluding carboxylic acids is 2. The van der Waals surface area contributed by atoms with Crippen LogP contribution in [0.3, 0.4) is 0 Å². The highest BCUT2D eigenvalue weighted by atomic mass is 32.2. The van der Waals surface area contributed by atoms with Crippen LogP contribution in [0.2, 0.25) is 0 Å². The van der Waals surface area contributed by atoms with Crippen LogP contribution in [-0.2, 0) is 26.2 Å². The third-order valence-electron chi connectivity index (χ3n) is 5.28. The van der Waals surface area contributed by atoms with Crippen LogP contribution in [0.15, 0.2) is 59.8 Å². The van der Waals surface area contributed by atoms with Gasteiger partial charge in [-0.25, -0.2) is 23.0 Å². The molecule has 1 aliphatic heterocycles. The van der Waals surface area contributed by atoms with E-state index in [1.165, 1.54) is 25.3 Å². The summed E-state index contributed by atoms with van der Waals surface area (Å²) in [5, 5.41) is 0. The fourth-order valence-electron chi connectivity index (χ4n) is 3.64. The van der Waals surface area contributed by atoms with Crippen molar-refractivity contribution in [1.29, 1.82) is 0 Å². The Labute approximate surface area is 185 Å². The topological polar surface area (TPSA) is 111 Å². The van der Waals surface area contributed by atoms with Crippen LogP contribution in [0.4, 0.5) is 5.69 Å². The first-order valence-corrected chi connectivity index (χ1v) is 11.4. The van der Waals surface area contributed by atoms with Gasteiger partial charge in [-0.15, -0.1) is 0 Å². The summed E-state index contributed by atoms with van der Waals surface area (Å²) in [7, 11) is -2.55. The molecule has 166 valence electrons. The lowest BCUT2D eigenvalue weighted by Gasteiger charge is -2.19. The average Bonchev–Trinajstić information content (AvgIpc) is 3.36. The maximum atomic E-state index is 13.0. The molecule has 0 atom stereocenters. The van der Waals surface area contributed by atoms with Crippen molar-refractivity contribution in [2.24, 2.45) is 0 Å². The number of imide groups is 1. The van der Waals surface area contributed by atoms with E-state index >= 15 is 0 Å².